The van der Waals surface area contributed by atoms with Crippen LogP contribution in [0.1, 0.15) is 68.5 Å². The highest BCUT2D eigenvalue weighted by Crippen LogP contribution is 2.60. The quantitative estimate of drug-likeness (QED) is 0.507. The highest BCUT2D eigenvalue weighted by molar-refractivity contribution is 6.30. The molecule has 3 aliphatic carbocycles. The van der Waals surface area contributed by atoms with Crippen molar-refractivity contribution in [3.8, 4) is 0 Å². The number of hydrogen-bond donors (Lipinski definition) is 2. The maximum absolute atomic E-state index is 15.1. The van der Waals surface area contributed by atoms with Crippen molar-refractivity contribution in [1.29, 1.82) is 0 Å². The van der Waals surface area contributed by atoms with Gasteiger partial charge in [0.05, 0.1) is 17.5 Å². The Bertz CT molecular complexity index is 1110. The number of nitrogens with one attached hydrogen (secondary N) is 2. The first-order chi connectivity index (χ1) is 16.8. The van der Waals surface area contributed by atoms with Crippen LogP contribution >= 0.6 is 11.6 Å². The lowest BCUT2D eigenvalue weighted by atomic mass is 9.74. The van der Waals surface area contributed by atoms with Gasteiger partial charge in [0.15, 0.2) is 0 Å². The topological polar surface area (TPSA) is 71.1 Å². The van der Waals surface area contributed by atoms with Crippen LogP contribution in [0.25, 0.3) is 0 Å². The normalized spacial score (nSPS) is 28.1. The number of benzene rings is 1. The van der Waals surface area contributed by atoms with Crippen LogP contribution in [-0.4, -0.2) is 22.8 Å². The van der Waals surface area contributed by atoms with Gasteiger partial charge >= 0.3 is 0 Å². The molecule has 3 aliphatic rings. The third-order valence-corrected chi connectivity index (χ3v) is 8.61. The Morgan fingerprint density at radius 2 is 1.94 bits per heavy atom. The molecule has 1 unspecified atom stereocenters. The highest BCUT2D eigenvalue weighted by atomic mass is 35.5. The number of hydrogen-bond acceptors (Lipinski definition) is 3. The third kappa shape index (κ3) is 4.92. The van der Waals surface area contributed by atoms with Crippen LogP contribution in [0.4, 0.5) is 8.78 Å². The molecule has 5 nitrogen and oxygen atoms in total. The SMILES string of the molecule is O=C(Cc1cccnc1)N[C@@H]1CC[C@H](C(=O)NC(c2c(F)ccc(Cl)c2F)C23CCC(CC2)C3)C1. The van der Waals surface area contributed by atoms with Crippen molar-refractivity contribution >= 4 is 23.4 Å². The molecule has 5 rings (SSSR count). The van der Waals surface area contributed by atoms with Crippen molar-refractivity contribution in [1.82, 2.24) is 15.6 Å². The van der Waals surface area contributed by atoms with E-state index in [1.54, 1.807) is 18.5 Å². The minimum absolute atomic E-state index is 0.103. The van der Waals surface area contributed by atoms with Crippen LogP contribution in [0.2, 0.25) is 5.02 Å². The number of nitrogens with zero attached hydrogens (tertiary/aromatic N) is 1. The van der Waals surface area contributed by atoms with Crippen molar-refractivity contribution in [2.75, 3.05) is 0 Å². The second-order valence-electron chi connectivity index (χ2n) is 10.5. The molecule has 186 valence electrons. The summed E-state index contributed by atoms with van der Waals surface area (Å²) in [7, 11) is 0. The molecule has 3 atom stereocenters. The Labute approximate surface area is 209 Å². The molecule has 3 fully saturated rings. The smallest absolute Gasteiger partial charge is 0.224 e. The molecule has 1 aromatic heterocycles. The molecule has 2 amide bonds. The molecule has 3 saturated carbocycles. The number of amides is 2. The lowest BCUT2D eigenvalue weighted by Gasteiger charge is -2.38. The predicted octanol–water partition coefficient (Wildman–Crippen LogP) is 5.28. The monoisotopic (exact) mass is 501 g/mol. The van der Waals surface area contributed by atoms with E-state index in [4.69, 9.17) is 11.6 Å². The third-order valence-electron chi connectivity index (χ3n) is 8.32. The molecule has 2 N–H and O–H groups in total. The zero-order valence-electron chi connectivity index (χ0n) is 19.5. The molecule has 35 heavy (non-hydrogen) atoms. The summed E-state index contributed by atoms with van der Waals surface area (Å²) >= 11 is 6.03. The average Bonchev–Trinajstić information content (AvgIpc) is 3.59. The number of halogens is 3. The molecule has 1 aromatic carbocycles. The largest absolute Gasteiger partial charge is 0.353 e. The van der Waals surface area contributed by atoms with E-state index in [2.05, 4.69) is 15.6 Å². The van der Waals surface area contributed by atoms with E-state index in [0.717, 1.165) is 37.7 Å². The molecule has 2 aromatic rings. The molecule has 0 aliphatic heterocycles. The molecule has 0 saturated heterocycles. The first-order valence-electron chi connectivity index (χ1n) is 12.5. The van der Waals surface area contributed by atoms with Crippen molar-refractivity contribution in [2.24, 2.45) is 17.3 Å². The minimum Gasteiger partial charge on any atom is -0.353 e. The molecule has 8 heteroatoms. The van der Waals surface area contributed by atoms with Crippen LogP contribution in [0.15, 0.2) is 36.7 Å². The summed E-state index contributed by atoms with van der Waals surface area (Å²) in [5.41, 5.74) is 0.368. The van der Waals surface area contributed by atoms with Gasteiger partial charge in [-0.3, -0.25) is 14.6 Å². The van der Waals surface area contributed by atoms with E-state index < -0.39 is 17.7 Å². The number of carbonyl (C=O) groups excluding carboxylic acids is 2. The standard InChI is InChI=1S/C27H30ClF2N3O2/c28-20-5-6-21(29)23(24(20)30)25(27-9-7-16(14-27)8-10-27)33-26(35)18-3-4-19(13-18)32-22(34)12-17-2-1-11-31-15-17/h1-2,5-6,11,15-16,18-19,25H,3-4,7-10,12-14H2,(H,32,34)(H,33,35)/t16?,18-,19+,25?,27?/m0/s1. The maximum Gasteiger partial charge on any atom is 0.224 e. The second kappa shape index (κ2) is 9.84. The van der Waals surface area contributed by atoms with E-state index >= 15 is 4.39 Å². The second-order valence-corrected chi connectivity index (χ2v) is 10.9. The summed E-state index contributed by atoms with van der Waals surface area (Å²) in [6.45, 7) is 0. The molecule has 1 heterocycles. The number of pyridine rings is 1. The van der Waals surface area contributed by atoms with E-state index in [0.29, 0.717) is 25.2 Å². The van der Waals surface area contributed by atoms with Gasteiger partial charge < -0.3 is 10.6 Å². The van der Waals surface area contributed by atoms with E-state index in [1.165, 1.54) is 12.1 Å². The molecule has 2 bridgehead atoms. The van der Waals surface area contributed by atoms with Gasteiger partial charge in [0.2, 0.25) is 11.8 Å². The van der Waals surface area contributed by atoms with Gasteiger partial charge in [-0.05, 0) is 86.5 Å². The summed E-state index contributed by atoms with van der Waals surface area (Å²) in [4.78, 5) is 29.8. The van der Waals surface area contributed by atoms with Crippen molar-refractivity contribution in [2.45, 2.75) is 69.9 Å². The van der Waals surface area contributed by atoms with E-state index in [-0.39, 0.29) is 46.2 Å². The zero-order chi connectivity index (χ0) is 24.6. The van der Waals surface area contributed by atoms with Crippen molar-refractivity contribution < 1.29 is 18.4 Å². The fourth-order valence-electron chi connectivity index (χ4n) is 6.56. The fraction of sp³-hybridized carbons (Fsp3) is 0.519. The summed E-state index contributed by atoms with van der Waals surface area (Å²) in [5.74, 6) is -1.54. The van der Waals surface area contributed by atoms with Gasteiger partial charge in [-0.25, -0.2) is 8.78 Å². The highest BCUT2D eigenvalue weighted by Gasteiger charge is 2.52. The van der Waals surface area contributed by atoms with Gasteiger partial charge in [0.25, 0.3) is 0 Å². The molecular weight excluding hydrogens is 472 g/mol. The van der Waals surface area contributed by atoms with Crippen LogP contribution in [0.5, 0.6) is 0 Å². The summed E-state index contributed by atoms with van der Waals surface area (Å²) in [6, 6.07) is 5.18. The fourth-order valence-corrected chi connectivity index (χ4v) is 6.72. The molecule has 0 radical (unpaired) electrons. The number of rotatable bonds is 7. The Balaban J connectivity index is 1.28. The van der Waals surface area contributed by atoms with Gasteiger partial charge in [-0.15, -0.1) is 0 Å². The average molecular weight is 502 g/mol. The summed E-state index contributed by atoms with van der Waals surface area (Å²) < 4.78 is 30.1. The molecule has 0 spiro atoms. The van der Waals surface area contributed by atoms with E-state index in [9.17, 15) is 14.0 Å². The van der Waals surface area contributed by atoms with Gasteiger partial charge in [0, 0.05) is 29.9 Å². The molecular formula is C27H30ClF2N3O2. The Hall–Kier alpha value is -2.54. The van der Waals surface area contributed by atoms with Crippen LogP contribution in [-0.2, 0) is 16.0 Å². The van der Waals surface area contributed by atoms with Crippen molar-refractivity contribution in [3.63, 3.8) is 0 Å². The predicted molar refractivity (Wildman–Crippen MR) is 128 cm³/mol. The first-order valence-corrected chi connectivity index (χ1v) is 12.8. The number of carbonyl (C=O) groups is 2. The van der Waals surface area contributed by atoms with Crippen molar-refractivity contribution in [3.05, 3.63) is 64.4 Å². The van der Waals surface area contributed by atoms with Gasteiger partial charge in [-0.1, -0.05) is 17.7 Å². The Kier molecular flexibility index (Phi) is 6.80. The number of fused-ring (bicyclic) bond motifs is 2. The maximum atomic E-state index is 15.1. The van der Waals surface area contributed by atoms with E-state index in [1.807, 2.05) is 6.07 Å². The Morgan fingerprint density at radius 3 is 2.63 bits per heavy atom. The van der Waals surface area contributed by atoms with Gasteiger partial charge in [0.1, 0.15) is 11.6 Å². The van der Waals surface area contributed by atoms with Crippen LogP contribution < -0.4 is 10.6 Å². The Morgan fingerprint density at radius 1 is 1.14 bits per heavy atom. The van der Waals surface area contributed by atoms with Crippen LogP contribution in [0.3, 0.4) is 0 Å². The lowest BCUT2D eigenvalue weighted by molar-refractivity contribution is -0.127. The van der Waals surface area contributed by atoms with Gasteiger partial charge in [-0.2, -0.15) is 0 Å². The minimum atomic E-state index is -0.784. The summed E-state index contributed by atoms with van der Waals surface area (Å²) in [6.07, 6.45) is 9.95. The van der Waals surface area contributed by atoms with Crippen LogP contribution in [0, 0.1) is 28.9 Å². The lowest BCUT2D eigenvalue weighted by Crippen LogP contribution is -2.43. The number of aromatic nitrogens is 1. The first kappa shape index (κ1) is 24.2. The zero-order valence-corrected chi connectivity index (χ0v) is 20.3. The summed E-state index contributed by atoms with van der Waals surface area (Å²) in [5, 5.41) is 5.94.